The van der Waals surface area contributed by atoms with Crippen LogP contribution in [0.2, 0.25) is 0 Å². The Kier molecular flexibility index (Phi) is 3.08. The van der Waals surface area contributed by atoms with Crippen molar-refractivity contribution in [1.82, 2.24) is 14.2 Å². The van der Waals surface area contributed by atoms with Crippen molar-refractivity contribution in [3.8, 4) is 0 Å². The summed E-state index contributed by atoms with van der Waals surface area (Å²) >= 11 is 0. The lowest BCUT2D eigenvalue weighted by atomic mass is 9.83. The maximum atomic E-state index is 12.0. The van der Waals surface area contributed by atoms with Gasteiger partial charge in [-0.1, -0.05) is 13.3 Å². The minimum Gasteiger partial charge on any atom is -0.477 e. The second-order valence-corrected chi connectivity index (χ2v) is 5.29. The minimum atomic E-state index is -1.08. The maximum Gasteiger partial charge on any atom is 0.352 e. The molecule has 1 aliphatic carbocycles. The fraction of sp³-hybridized carbons (Fsp3) is 0.500. The molecule has 0 atom stereocenters. The van der Waals surface area contributed by atoms with Crippen LogP contribution >= 0.6 is 0 Å². The normalized spacial score (nSPS) is 15.4. The van der Waals surface area contributed by atoms with Crippen molar-refractivity contribution in [1.29, 1.82) is 0 Å². The molecular formula is C14H17N3O3. The highest BCUT2D eigenvalue weighted by molar-refractivity contribution is 5.86. The van der Waals surface area contributed by atoms with Crippen LogP contribution in [0.25, 0.3) is 5.65 Å². The fourth-order valence-corrected chi connectivity index (χ4v) is 2.66. The molecular weight excluding hydrogens is 258 g/mol. The van der Waals surface area contributed by atoms with Gasteiger partial charge in [-0.05, 0) is 19.3 Å². The van der Waals surface area contributed by atoms with Gasteiger partial charge in [-0.25, -0.2) is 4.79 Å². The van der Waals surface area contributed by atoms with Crippen LogP contribution in [0, 0.1) is 0 Å². The molecule has 1 aliphatic rings. The summed E-state index contributed by atoms with van der Waals surface area (Å²) < 4.78 is 2.99. The summed E-state index contributed by atoms with van der Waals surface area (Å²) in [6.45, 7) is 2.53. The molecule has 0 bridgehead atoms. The van der Waals surface area contributed by atoms with E-state index in [1.54, 1.807) is 4.57 Å². The summed E-state index contributed by atoms with van der Waals surface area (Å²) in [5, 5.41) is 13.6. The van der Waals surface area contributed by atoms with E-state index in [0.29, 0.717) is 18.1 Å². The van der Waals surface area contributed by atoms with Crippen LogP contribution in [0.15, 0.2) is 16.9 Å². The van der Waals surface area contributed by atoms with Gasteiger partial charge < -0.3 is 9.67 Å². The minimum absolute atomic E-state index is 0.0319. The smallest absolute Gasteiger partial charge is 0.352 e. The first-order chi connectivity index (χ1) is 9.61. The predicted octanol–water partition coefficient (Wildman–Crippen LogP) is 1.87. The lowest BCUT2D eigenvalue weighted by molar-refractivity contribution is 0.0684. The van der Waals surface area contributed by atoms with Crippen LogP contribution < -0.4 is 5.56 Å². The van der Waals surface area contributed by atoms with Gasteiger partial charge >= 0.3 is 5.97 Å². The Morgan fingerprint density at radius 2 is 2.20 bits per heavy atom. The number of fused-ring (bicyclic) bond motifs is 1. The number of carboxylic acid groups (broad SMARTS) is 1. The van der Waals surface area contributed by atoms with E-state index in [4.69, 9.17) is 0 Å². The molecule has 2 aromatic heterocycles. The van der Waals surface area contributed by atoms with E-state index in [9.17, 15) is 14.7 Å². The van der Waals surface area contributed by atoms with E-state index in [-0.39, 0.29) is 11.3 Å². The van der Waals surface area contributed by atoms with Crippen LogP contribution in [0.5, 0.6) is 0 Å². The van der Waals surface area contributed by atoms with Crippen molar-refractivity contribution in [2.45, 2.75) is 45.1 Å². The fourth-order valence-electron chi connectivity index (χ4n) is 2.66. The summed E-state index contributed by atoms with van der Waals surface area (Å²) in [5.41, 5.74) is 1.14. The second-order valence-electron chi connectivity index (χ2n) is 5.29. The number of hydrogen-bond donors (Lipinski definition) is 1. The standard InChI is InChI=1S/C14H17N3O3/c1-2-6-16-11(14(19)20)8-13(18)17-12(16)7-10(15-17)9-4-3-5-9/h7-9H,2-6H2,1H3,(H,19,20). The summed E-state index contributed by atoms with van der Waals surface area (Å²) in [6, 6.07) is 3.02. The number of aromatic carboxylic acids is 1. The zero-order chi connectivity index (χ0) is 14.3. The maximum absolute atomic E-state index is 12.0. The molecule has 3 rings (SSSR count). The molecule has 0 saturated heterocycles. The van der Waals surface area contributed by atoms with Crippen LogP contribution in [-0.2, 0) is 6.54 Å². The quantitative estimate of drug-likeness (QED) is 0.924. The lowest BCUT2D eigenvalue weighted by Gasteiger charge is -2.22. The summed E-state index contributed by atoms with van der Waals surface area (Å²) in [7, 11) is 0. The van der Waals surface area contributed by atoms with Gasteiger partial charge in [0.15, 0.2) is 0 Å². The monoisotopic (exact) mass is 275 g/mol. The zero-order valence-corrected chi connectivity index (χ0v) is 11.4. The van der Waals surface area contributed by atoms with Crippen molar-refractivity contribution in [2.24, 2.45) is 0 Å². The Hall–Kier alpha value is -2.11. The Balaban J connectivity index is 2.24. The Bertz CT molecular complexity index is 725. The molecule has 6 heteroatoms. The molecule has 1 fully saturated rings. The highest BCUT2D eigenvalue weighted by Gasteiger charge is 2.24. The summed E-state index contributed by atoms with van der Waals surface area (Å²) in [6.07, 6.45) is 4.18. The molecule has 6 nitrogen and oxygen atoms in total. The largest absolute Gasteiger partial charge is 0.477 e. The Morgan fingerprint density at radius 3 is 2.75 bits per heavy atom. The molecule has 2 heterocycles. The number of hydrogen-bond acceptors (Lipinski definition) is 3. The molecule has 106 valence electrons. The Labute approximate surface area is 115 Å². The van der Waals surface area contributed by atoms with Crippen LogP contribution in [-0.4, -0.2) is 25.3 Å². The highest BCUT2D eigenvalue weighted by atomic mass is 16.4. The van der Waals surface area contributed by atoms with Crippen LogP contribution in [0.3, 0.4) is 0 Å². The average Bonchev–Trinajstić information content (AvgIpc) is 2.75. The van der Waals surface area contributed by atoms with E-state index in [1.165, 1.54) is 10.9 Å². The number of aryl methyl sites for hydroxylation is 1. The second kappa shape index (κ2) is 4.77. The Morgan fingerprint density at radius 1 is 1.45 bits per heavy atom. The summed E-state index contributed by atoms with van der Waals surface area (Å²) in [5.74, 6) is -0.665. The number of nitrogens with zero attached hydrogens (tertiary/aromatic N) is 3. The first-order valence-electron chi connectivity index (χ1n) is 6.98. The molecule has 0 spiro atoms. The van der Waals surface area contributed by atoms with Crippen LogP contribution in [0.1, 0.15) is 54.7 Å². The molecule has 0 aromatic carbocycles. The predicted molar refractivity (Wildman–Crippen MR) is 73.3 cm³/mol. The topological polar surface area (TPSA) is 76.6 Å². The average molecular weight is 275 g/mol. The van der Waals surface area contributed by atoms with Gasteiger partial charge in [-0.15, -0.1) is 0 Å². The number of aromatic nitrogens is 3. The number of carbonyl (C=O) groups is 1. The molecule has 0 aliphatic heterocycles. The van der Waals surface area contributed by atoms with Crippen molar-refractivity contribution in [3.63, 3.8) is 0 Å². The van der Waals surface area contributed by atoms with Crippen molar-refractivity contribution >= 4 is 11.6 Å². The SMILES string of the molecule is CCCn1c(C(=O)O)cc(=O)n2nc(C3CCC3)cc12. The summed E-state index contributed by atoms with van der Waals surface area (Å²) in [4.78, 5) is 23.3. The number of rotatable bonds is 4. The molecule has 20 heavy (non-hydrogen) atoms. The first-order valence-corrected chi connectivity index (χ1v) is 6.98. The van der Waals surface area contributed by atoms with Gasteiger partial charge in [-0.3, -0.25) is 4.79 Å². The van der Waals surface area contributed by atoms with E-state index in [2.05, 4.69) is 5.10 Å². The number of carboxylic acids is 1. The van der Waals surface area contributed by atoms with Crippen molar-refractivity contribution < 1.29 is 9.90 Å². The molecule has 0 unspecified atom stereocenters. The third kappa shape index (κ3) is 1.92. The van der Waals surface area contributed by atoms with Crippen molar-refractivity contribution in [3.05, 3.63) is 33.9 Å². The third-order valence-corrected chi connectivity index (χ3v) is 3.94. The van der Waals surface area contributed by atoms with Gasteiger partial charge in [0.25, 0.3) is 5.56 Å². The molecule has 0 amide bonds. The molecule has 1 N–H and O–H groups in total. The van der Waals surface area contributed by atoms with Gasteiger partial charge in [0.05, 0.1) is 5.69 Å². The third-order valence-electron chi connectivity index (χ3n) is 3.94. The van der Waals surface area contributed by atoms with E-state index in [1.807, 2.05) is 13.0 Å². The molecule has 2 aromatic rings. The van der Waals surface area contributed by atoms with Gasteiger partial charge in [0.2, 0.25) is 0 Å². The highest BCUT2D eigenvalue weighted by Crippen LogP contribution is 2.35. The molecule has 0 radical (unpaired) electrons. The molecule has 1 saturated carbocycles. The lowest BCUT2D eigenvalue weighted by Crippen LogP contribution is -2.23. The van der Waals surface area contributed by atoms with E-state index in [0.717, 1.165) is 31.0 Å². The first kappa shape index (κ1) is 12.9. The zero-order valence-electron chi connectivity index (χ0n) is 11.4. The van der Waals surface area contributed by atoms with Crippen LogP contribution in [0.4, 0.5) is 0 Å². The van der Waals surface area contributed by atoms with E-state index >= 15 is 0 Å². The van der Waals surface area contributed by atoms with E-state index < -0.39 is 5.97 Å². The van der Waals surface area contributed by atoms with Crippen molar-refractivity contribution in [2.75, 3.05) is 0 Å². The van der Waals surface area contributed by atoms with Gasteiger partial charge in [0.1, 0.15) is 11.3 Å². The van der Waals surface area contributed by atoms with Gasteiger partial charge in [0, 0.05) is 24.6 Å². The van der Waals surface area contributed by atoms with Gasteiger partial charge in [-0.2, -0.15) is 9.61 Å².